The Bertz CT molecular complexity index is 646. The Hall–Kier alpha value is -1.11. The van der Waals surface area contributed by atoms with Gasteiger partial charge in [0.1, 0.15) is 5.75 Å². The molecule has 0 heterocycles. The highest BCUT2D eigenvalue weighted by atomic mass is 32.2. The number of sulfonamides is 1. The Morgan fingerprint density at radius 1 is 0.724 bits per heavy atom. The molecule has 1 aromatic carbocycles. The summed E-state index contributed by atoms with van der Waals surface area (Å²) in [5, 5.41) is 24.0. The summed E-state index contributed by atoms with van der Waals surface area (Å²) in [6, 6.07) is 5.34. The molecule has 0 atom stereocenters. The van der Waals surface area contributed by atoms with Crippen molar-refractivity contribution in [2.45, 2.75) is 103 Å². The van der Waals surface area contributed by atoms with Gasteiger partial charge < -0.3 is 10.2 Å². The van der Waals surface area contributed by atoms with Crippen molar-refractivity contribution in [3.63, 3.8) is 0 Å². The van der Waals surface area contributed by atoms with E-state index in [2.05, 4.69) is 0 Å². The van der Waals surface area contributed by atoms with Crippen LogP contribution in [0.3, 0.4) is 0 Å². The molecule has 0 spiro atoms. The Kier molecular flexibility index (Phi) is 14.0. The first kappa shape index (κ1) is 25.9. The number of aliphatic hydroxyl groups is 1. The van der Waals surface area contributed by atoms with Gasteiger partial charge in [-0.15, -0.1) is 0 Å². The topological polar surface area (TPSA) is 101 Å². The third kappa shape index (κ3) is 14.5. The van der Waals surface area contributed by atoms with Crippen molar-refractivity contribution >= 4 is 10.0 Å². The van der Waals surface area contributed by atoms with Crippen LogP contribution in [-0.4, -0.2) is 24.4 Å². The molecule has 0 fully saturated rings. The lowest BCUT2D eigenvalue weighted by Gasteiger charge is -2.07. The Morgan fingerprint density at radius 2 is 1.17 bits per heavy atom. The van der Waals surface area contributed by atoms with E-state index in [1.54, 1.807) is 12.1 Å². The number of aryl methyl sites for hydroxylation is 1. The molecule has 0 aromatic heterocycles. The lowest BCUT2D eigenvalue weighted by Crippen LogP contribution is -2.16. The first-order valence-corrected chi connectivity index (χ1v) is 13.1. The summed E-state index contributed by atoms with van der Waals surface area (Å²) in [5.74, 6) is 0.456. The molecular formula is C23H41NO4S. The minimum Gasteiger partial charge on any atom is -0.508 e. The highest BCUT2D eigenvalue weighted by Gasteiger charge is 2.03. The maximum Gasteiger partial charge on any atom is 0.209 e. The van der Waals surface area contributed by atoms with Crippen LogP contribution in [0.25, 0.3) is 0 Å². The predicted molar refractivity (Wildman–Crippen MR) is 120 cm³/mol. The van der Waals surface area contributed by atoms with Gasteiger partial charge >= 0.3 is 0 Å². The van der Waals surface area contributed by atoms with Crippen molar-refractivity contribution in [3.8, 4) is 5.75 Å². The fourth-order valence-corrected chi connectivity index (χ4v) is 4.28. The second-order valence-electron chi connectivity index (χ2n) is 8.19. The average molecular weight is 428 g/mol. The first-order valence-electron chi connectivity index (χ1n) is 11.3. The lowest BCUT2D eigenvalue weighted by atomic mass is 10.0. The van der Waals surface area contributed by atoms with Crippen molar-refractivity contribution in [2.24, 2.45) is 5.14 Å². The number of aromatic hydroxyl groups is 1. The van der Waals surface area contributed by atoms with Crippen LogP contribution in [-0.2, 0) is 23.1 Å². The van der Waals surface area contributed by atoms with E-state index >= 15 is 0 Å². The number of rotatable bonds is 18. The van der Waals surface area contributed by atoms with Crippen LogP contribution >= 0.6 is 0 Å². The van der Waals surface area contributed by atoms with Crippen molar-refractivity contribution < 1.29 is 18.6 Å². The van der Waals surface area contributed by atoms with Gasteiger partial charge in [0.2, 0.25) is 10.0 Å². The number of nitrogens with two attached hydrogens (primary N) is 1. The normalized spacial score (nSPS) is 11.8. The number of unbranched alkanes of at least 4 members (excludes halogenated alkanes) is 13. The molecule has 0 aliphatic rings. The summed E-state index contributed by atoms with van der Waals surface area (Å²) in [7, 11) is -3.28. The van der Waals surface area contributed by atoms with Gasteiger partial charge in [0.05, 0.1) is 12.4 Å². The zero-order valence-corrected chi connectivity index (χ0v) is 18.8. The number of phenolic OH excluding ortho intramolecular Hbond substituents is 1. The van der Waals surface area contributed by atoms with E-state index in [0.717, 1.165) is 36.8 Å². The van der Waals surface area contributed by atoms with Crippen molar-refractivity contribution in [2.75, 3.05) is 5.75 Å². The van der Waals surface area contributed by atoms with E-state index < -0.39 is 10.0 Å². The molecule has 29 heavy (non-hydrogen) atoms. The van der Waals surface area contributed by atoms with Gasteiger partial charge in [0, 0.05) is 0 Å². The predicted octanol–water partition coefficient (Wildman–Crippen LogP) is 5.18. The van der Waals surface area contributed by atoms with Crippen LogP contribution in [0.4, 0.5) is 0 Å². The van der Waals surface area contributed by atoms with E-state index in [4.69, 9.17) is 5.14 Å². The maximum atomic E-state index is 10.8. The average Bonchev–Trinajstić information content (AvgIpc) is 2.68. The van der Waals surface area contributed by atoms with Crippen LogP contribution in [0.2, 0.25) is 0 Å². The fourth-order valence-electron chi connectivity index (χ4n) is 3.68. The number of hydrogen-bond donors (Lipinski definition) is 3. The van der Waals surface area contributed by atoms with Gasteiger partial charge in [-0.05, 0) is 42.5 Å². The molecule has 0 saturated heterocycles. The van der Waals surface area contributed by atoms with Crippen LogP contribution in [0, 0.1) is 0 Å². The summed E-state index contributed by atoms with van der Waals surface area (Å²) in [4.78, 5) is 0. The fraction of sp³-hybridized carbons (Fsp3) is 0.739. The number of hydrogen-bond acceptors (Lipinski definition) is 4. The van der Waals surface area contributed by atoms with Crippen molar-refractivity contribution in [3.05, 3.63) is 29.3 Å². The molecule has 0 unspecified atom stereocenters. The smallest absolute Gasteiger partial charge is 0.209 e. The van der Waals surface area contributed by atoms with E-state index in [1.807, 2.05) is 6.07 Å². The molecule has 0 saturated carbocycles. The summed E-state index contributed by atoms with van der Waals surface area (Å²) in [6.07, 6.45) is 17.4. The monoisotopic (exact) mass is 427 g/mol. The second kappa shape index (κ2) is 15.7. The molecule has 0 aliphatic heterocycles. The molecule has 0 radical (unpaired) electrons. The highest BCUT2D eigenvalue weighted by Crippen LogP contribution is 2.21. The Morgan fingerprint density at radius 3 is 1.62 bits per heavy atom. The molecule has 1 rings (SSSR count). The summed E-state index contributed by atoms with van der Waals surface area (Å²) >= 11 is 0. The van der Waals surface area contributed by atoms with Crippen LogP contribution in [0.5, 0.6) is 5.75 Å². The summed E-state index contributed by atoms with van der Waals surface area (Å²) in [5.41, 5.74) is 1.81. The first-order chi connectivity index (χ1) is 13.9. The molecular weight excluding hydrogens is 386 g/mol. The highest BCUT2D eigenvalue weighted by molar-refractivity contribution is 7.89. The molecule has 0 bridgehead atoms. The lowest BCUT2D eigenvalue weighted by molar-refractivity contribution is 0.281. The number of aliphatic hydroxyl groups excluding tert-OH is 1. The standard InChI is InChI=1S/C23H41NO4S/c24-29(27,28)18-14-12-10-8-6-4-2-1-3-5-7-9-11-13-15-22-19-21(20-25)16-17-23(22)26/h16-17,19,25-26H,1-15,18,20H2,(H2,24,27,28). The van der Waals surface area contributed by atoms with Gasteiger partial charge in [-0.25, -0.2) is 13.6 Å². The minimum atomic E-state index is -3.28. The van der Waals surface area contributed by atoms with Crippen molar-refractivity contribution in [1.82, 2.24) is 0 Å². The molecule has 5 nitrogen and oxygen atoms in total. The molecule has 168 valence electrons. The Labute approximate surface area is 177 Å². The third-order valence-electron chi connectivity index (χ3n) is 5.45. The minimum absolute atomic E-state index is 0.0223. The van der Waals surface area contributed by atoms with Crippen LogP contribution < -0.4 is 5.14 Å². The van der Waals surface area contributed by atoms with Crippen LogP contribution in [0.1, 0.15) is 101 Å². The van der Waals surface area contributed by atoms with E-state index in [-0.39, 0.29) is 12.4 Å². The third-order valence-corrected chi connectivity index (χ3v) is 6.31. The van der Waals surface area contributed by atoms with E-state index in [0.29, 0.717) is 12.2 Å². The Balaban J connectivity index is 1.85. The quantitative estimate of drug-likeness (QED) is 0.281. The van der Waals surface area contributed by atoms with Crippen LogP contribution in [0.15, 0.2) is 18.2 Å². The number of benzene rings is 1. The number of primary sulfonamides is 1. The SMILES string of the molecule is NS(=O)(=O)CCCCCCCCCCCCCCCCc1cc(CO)ccc1O. The van der Waals surface area contributed by atoms with Gasteiger partial charge in [-0.2, -0.15) is 0 Å². The maximum absolute atomic E-state index is 10.8. The van der Waals surface area contributed by atoms with E-state index in [1.165, 1.54) is 64.2 Å². The summed E-state index contributed by atoms with van der Waals surface area (Å²) in [6.45, 7) is 0.0223. The molecule has 0 amide bonds. The van der Waals surface area contributed by atoms with Gasteiger partial charge in [-0.3, -0.25) is 0 Å². The molecule has 1 aromatic rings. The molecule has 6 heteroatoms. The molecule has 0 aliphatic carbocycles. The largest absolute Gasteiger partial charge is 0.508 e. The van der Waals surface area contributed by atoms with E-state index in [9.17, 15) is 18.6 Å². The zero-order valence-electron chi connectivity index (χ0n) is 17.9. The zero-order chi connectivity index (χ0) is 21.4. The van der Waals surface area contributed by atoms with Gasteiger partial charge in [0.25, 0.3) is 0 Å². The van der Waals surface area contributed by atoms with Gasteiger partial charge in [-0.1, -0.05) is 83.1 Å². The van der Waals surface area contributed by atoms with Crippen molar-refractivity contribution in [1.29, 1.82) is 0 Å². The van der Waals surface area contributed by atoms with Gasteiger partial charge in [0.15, 0.2) is 0 Å². The summed E-state index contributed by atoms with van der Waals surface area (Å²) < 4.78 is 21.6. The second-order valence-corrected chi connectivity index (χ2v) is 9.92. The number of phenols is 1. The molecule has 4 N–H and O–H groups in total.